The van der Waals surface area contributed by atoms with Crippen LogP contribution in [0.3, 0.4) is 0 Å². The average Bonchev–Trinajstić information content (AvgIpc) is 3.09. The van der Waals surface area contributed by atoms with Crippen LogP contribution in [0.1, 0.15) is 38.8 Å². The first kappa shape index (κ1) is 34.8. The highest BCUT2D eigenvalue weighted by molar-refractivity contribution is 6.06. The molecule has 1 aliphatic heterocycles. The quantitative estimate of drug-likeness (QED) is 0.236. The van der Waals surface area contributed by atoms with Crippen LogP contribution in [0.4, 0.5) is 11.4 Å². The van der Waals surface area contributed by atoms with Crippen molar-refractivity contribution < 1.29 is 47.7 Å². The summed E-state index contributed by atoms with van der Waals surface area (Å²) in [7, 11) is 2.58. The van der Waals surface area contributed by atoms with Gasteiger partial charge in [0.25, 0.3) is 17.7 Å². The van der Waals surface area contributed by atoms with E-state index in [1.807, 2.05) is 36.4 Å². The molecule has 3 aromatic carbocycles. The van der Waals surface area contributed by atoms with E-state index < -0.39 is 47.8 Å². The second kappa shape index (κ2) is 16.0. The molecule has 0 saturated carbocycles. The van der Waals surface area contributed by atoms with E-state index >= 15 is 0 Å². The minimum Gasteiger partial charge on any atom is -0.465 e. The molecule has 248 valence electrons. The molecule has 4 rings (SSSR count). The second-order valence-corrected chi connectivity index (χ2v) is 10.5. The molecule has 0 unspecified atom stereocenters. The van der Waals surface area contributed by atoms with Crippen molar-refractivity contribution in [3.8, 4) is 6.07 Å². The molecule has 14 nitrogen and oxygen atoms in total. The lowest BCUT2D eigenvalue weighted by Crippen LogP contribution is -2.56. The Balaban J connectivity index is 1.47. The van der Waals surface area contributed by atoms with Gasteiger partial charge in [-0.25, -0.2) is 4.79 Å². The van der Waals surface area contributed by atoms with E-state index in [-0.39, 0.29) is 48.7 Å². The smallest absolute Gasteiger partial charge is 0.339 e. The molecule has 0 spiro atoms. The molecule has 0 radical (unpaired) electrons. The first-order valence-corrected chi connectivity index (χ1v) is 14.6. The summed E-state index contributed by atoms with van der Waals surface area (Å²) in [6, 6.07) is 20.9. The highest BCUT2D eigenvalue weighted by atomic mass is 16.6. The predicted molar refractivity (Wildman–Crippen MR) is 168 cm³/mol. The van der Waals surface area contributed by atoms with E-state index in [0.29, 0.717) is 5.69 Å². The van der Waals surface area contributed by atoms with Crippen LogP contribution in [0.15, 0.2) is 72.8 Å². The summed E-state index contributed by atoms with van der Waals surface area (Å²) in [5, 5.41) is 11.8. The Morgan fingerprint density at radius 1 is 1.06 bits per heavy atom. The third-order valence-electron chi connectivity index (χ3n) is 7.12. The fraction of sp³-hybridized carbons (Fsp3) is 0.265. The Hall–Kier alpha value is -6.07. The highest BCUT2D eigenvalue weighted by Crippen LogP contribution is 2.24. The minimum atomic E-state index is -1.74. The molecule has 1 heterocycles. The number of carbonyl (C=O) groups excluding carboxylic acids is 6. The van der Waals surface area contributed by atoms with Gasteiger partial charge in [0.1, 0.15) is 19.2 Å². The molecule has 1 aliphatic rings. The Morgan fingerprint density at radius 2 is 1.81 bits per heavy atom. The Kier molecular flexibility index (Phi) is 11.6. The van der Waals surface area contributed by atoms with Gasteiger partial charge in [0.15, 0.2) is 6.10 Å². The summed E-state index contributed by atoms with van der Waals surface area (Å²) in [5.41, 5.74) is 1.25. The number of hydrogen-bond donors (Lipinski definition) is 1. The number of rotatable bonds is 11. The number of ether oxygens (including phenoxy) is 4. The Bertz CT molecular complexity index is 1750. The topological polar surface area (TPSA) is 182 Å². The van der Waals surface area contributed by atoms with E-state index in [4.69, 9.17) is 18.9 Å². The maximum absolute atomic E-state index is 13.7. The fourth-order valence-electron chi connectivity index (χ4n) is 4.80. The maximum atomic E-state index is 13.7. The third kappa shape index (κ3) is 8.59. The number of esters is 3. The zero-order valence-electron chi connectivity index (χ0n) is 26.3. The van der Waals surface area contributed by atoms with Gasteiger partial charge in [-0.15, -0.1) is 0 Å². The van der Waals surface area contributed by atoms with Crippen molar-refractivity contribution in [3.63, 3.8) is 0 Å². The van der Waals surface area contributed by atoms with E-state index in [9.17, 15) is 34.0 Å². The molecule has 2 atom stereocenters. The third-order valence-corrected chi connectivity index (χ3v) is 7.12. The van der Waals surface area contributed by atoms with Crippen LogP contribution in [0, 0.1) is 11.3 Å². The van der Waals surface area contributed by atoms with Gasteiger partial charge in [-0.05, 0) is 42.0 Å². The lowest BCUT2D eigenvalue weighted by molar-refractivity contribution is -0.167. The van der Waals surface area contributed by atoms with Gasteiger partial charge in [0, 0.05) is 37.5 Å². The van der Waals surface area contributed by atoms with Gasteiger partial charge < -0.3 is 34.1 Å². The number of nitrogens with zero attached hydrogens (tertiary/aromatic N) is 3. The molecule has 1 saturated heterocycles. The number of hydrogen-bond acceptors (Lipinski definition) is 11. The molecule has 48 heavy (non-hydrogen) atoms. The van der Waals surface area contributed by atoms with Crippen molar-refractivity contribution in [2.24, 2.45) is 0 Å². The fourth-order valence-corrected chi connectivity index (χ4v) is 4.80. The monoisotopic (exact) mass is 656 g/mol. The van der Waals surface area contributed by atoms with Gasteiger partial charge in [0.05, 0.1) is 24.8 Å². The molecule has 3 amide bonds. The van der Waals surface area contributed by atoms with Gasteiger partial charge in [-0.3, -0.25) is 24.0 Å². The zero-order valence-corrected chi connectivity index (χ0v) is 26.3. The van der Waals surface area contributed by atoms with Crippen molar-refractivity contribution in [1.29, 1.82) is 5.26 Å². The number of benzene rings is 3. The van der Waals surface area contributed by atoms with Crippen molar-refractivity contribution in [2.75, 3.05) is 44.1 Å². The first-order chi connectivity index (χ1) is 23.0. The van der Waals surface area contributed by atoms with Crippen LogP contribution in [0.5, 0.6) is 0 Å². The van der Waals surface area contributed by atoms with Crippen LogP contribution in [0.25, 0.3) is 0 Å². The lowest BCUT2D eigenvalue weighted by atomic mass is 10.1. The number of nitrogens with one attached hydrogen (secondary N) is 1. The molecule has 14 heteroatoms. The Morgan fingerprint density at radius 3 is 2.50 bits per heavy atom. The van der Waals surface area contributed by atoms with Crippen LogP contribution in [-0.4, -0.2) is 86.6 Å². The SMILES string of the molecule is COC(=O)c1cc(NC(=O)[C@H](OC(C)=O)[C@H]2OCCN(c3cccc(C(=O)N(C)CC(=O)OCc4ccccc4)c3)C2=O)ccc1C#N. The van der Waals surface area contributed by atoms with Crippen LogP contribution in [-0.2, 0) is 44.7 Å². The number of carbonyl (C=O) groups is 6. The molecular formula is C34H32N4O10. The molecule has 3 aromatic rings. The molecule has 0 aliphatic carbocycles. The van der Waals surface area contributed by atoms with E-state index in [1.54, 1.807) is 12.1 Å². The van der Waals surface area contributed by atoms with Gasteiger partial charge in [0.2, 0.25) is 6.10 Å². The van der Waals surface area contributed by atoms with Gasteiger partial charge >= 0.3 is 17.9 Å². The highest BCUT2D eigenvalue weighted by Gasteiger charge is 2.43. The average molecular weight is 657 g/mol. The Labute approximate surface area is 275 Å². The number of nitriles is 1. The molecule has 1 fully saturated rings. The van der Waals surface area contributed by atoms with Crippen molar-refractivity contribution in [3.05, 3.63) is 95.1 Å². The van der Waals surface area contributed by atoms with Crippen molar-refractivity contribution >= 4 is 47.0 Å². The van der Waals surface area contributed by atoms with Crippen LogP contribution in [0.2, 0.25) is 0 Å². The summed E-state index contributed by atoms with van der Waals surface area (Å²) in [6.07, 6.45) is -3.31. The number of anilines is 2. The lowest BCUT2D eigenvalue weighted by Gasteiger charge is -2.35. The number of likely N-dealkylation sites (N-methyl/N-ethyl adjacent to an activating group) is 1. The predicted octanol–water partition coefficient (Wildman–Crippen LogP) is 2.46. The molecule has 0 aromatic heterocycles. The summed E-state index contributed by atoms with van der Waals surface area (Å²) >= 11 is 0. The summed E-state index contributed by atoms with van der Waals surface area (Å²) in [6.45, 7) is 0.822. The van der Waals surface area contributed by atoms with E-state index in [1.165, 1.54) is 47.2 Å². The zero-order chi connectivity index (χ0) is 34.8. The first-order valence-electron chi connectivity index (χ1n) is 14.6. The number of methoxy groups -OCH3 is 1. The van der Waals surface area contributed by atoms with Gasteiger partial charge in [-0.2, -0.15) is 5.26 Å². The van der Waals surface area contributed by atoms with Gasteiger partial charge in [-0.1, -0.05) is 36.4 Å². The number of amides is 3. The largest absolute Gasteiger partial charge is 0.465 e. The summed E-state index contributed by atoms with van der Waals surface area (Å²) in [5.74, 6) is -4.44. The van der Waals surface area contributed by atoms with Crippen LogP contribution < -0.4 is 10.2 Å². The van der Waals surface area contributed by atoms with Crippen molar-refractivity contribution in [2.45, 2.75) is 25.7 Å². The van der Waals surface area contributed by atoms with E-state index in [2.05, 4.69) is 5.32 Å². The maximum Gasteiger partial charge on any atom is 0.339 e. The van der Waals surface area contributed by atoms with E-state index in [0.717, 1.165) is 19.6 Å². The second-order valence-electron chi connectivity index (χ2n) is 10.5. The summed E-state index contributed by atoms with van der Waals surface area (Å²) < 4.78 is 20.8. The molecule has 0 bridgehead atoms. The normalized spacial score (nSPS) is 14.6. The minimum absolute atomic E-state index is 0.00714. The van der Waals surface area contributed by atoms with Crippen molar-refractivity contribution in [1.82, 2.24) is 4.90 Å². The molecular weight excluding hydrogens is 624 g/mol. The molecule has 1 N–H and O–H groups in total. The summed E-state index contributed by atoms with van der Waals surface area (Å²) in [4.78, 5) is 79.2. The number of morpholine rings is 1. The van der Waals surface area contributed by atoms with Crippen LogP contribution >= 0.6 is 0 Å². The standard InChI is InChI=1S/C34H32N4O10/c1-21(39)48-29(31(41)36-25-13-12-24(18-35)27(17-25)34(44)45-3)30-33(43)38(14-15-46-30)26-11-7-10-23(16-26)32(42)37(2)19-28(40)47-20-22-8-5-4-6-9-22/h4-13,16-17,29-30H,14-15,19-20H2,1-3H3,(H,36,41)/t29-,30-/m1/s1.